The summed E-state index contributed by atoms with van der Waals surface area (Å²) < 4.78 is 12.0. The number of likely N-dealkylation sites (tertiary alicyclic amines) is 1. The zero-order valence-corrected chi connectivity index (χ0v) is 27.4. The molecule has 240 valence electrons. The van der Waals surface area contributed by atoms with E-state index in [-0.39, 0.29) is 33.7 Å². The Balaban J connectivity index is 1.56. The molecule has 1 unspecified atom stereocenters. The largest absolute Gasteiger partial charge is 0.493 e. The summed E-state index contributed by atoms with van der Waals surface area (Å²) in [4.78, 5) is 33.7. The SMILES string of the molecule is CCCC(CC)Oc1cc(N(C(=O)c2c(Cl)cncc2Cl)C2CCN(Cc3ccc(C=CC(=O)NO)cc3)CC2)ccc1OC. The number of nitrogens with zero attached hydrogens (tertiary/aromatic N) is 3. The molecule has 1 aromatic heterocycles. The van der Waals surface area contributed by atoms with Gasteiger partial charge >= 0.3 is 0 Å². The lowest BCUT2D eigenvalue weighted by atomic mass is 10.00. The first-order valence-corrected chi connectivity index (χ1v) is 15.9. The van der Waals surface area contributed by atoms with Crippen molar-refractivity contribution in [2.45, 2.75) is 64.6 Å². The third-order valence-corrected chi connectivity index (χ3v) is 8.49. The van der Waals surface area contributed by atoms with Crippen molar-refractivity contribution in [3.05, 3.63) is 87.7 Å². The molecule has 11 heteroatoms. The van der Waals surface area contributed by atoms with Crippen molar-refractivity contribution in [3.63, 3.8) is 0 Å². The van der Waals surface area contributed by atoms with Crippen LogP contribution >= 0.6 is 23.2 Å². The molecule has 1 aliphatic heterocycles. The fourth-order valence-corrected chi connectivity index (χ4v) is 6.05. The van der Waals surface area contributed by atoms with E-state index in [4.69, 9.17) is 37.9 Å². The molecule has 0 aliphatic carbocycles. The van der Waals surface area contributed by atoms with E-state index in [9.17, 15) is 9.59 Å². The summed E-state index contributed by atoms with van der Waals surface area (Å²) in [6.45, 7) is 6.53. The van der Waals surface area contributed by atoms with Gasteiger partial charge in [0.25, 0.3) is 11.8 Å². The van der Waals surface area contributed by atoms with Crippen molar-refractivity contribution < 1.29 is 24.3 Å². The highest BCUT2D eigenvalue weighted by Gasteiger charge is 2.33. The second-order valence-corrected chi connectivity index (χ2v) is 11.8. The van der Waals surface area contributed by atoms with Crippen LogP contribution in [0, 0.1) is 0 Å². The number of amides is 2. The number of anilines is 1. The Labute approximate surface area is 274 Å². The van der Waals surface area contributed by atoms with Crippen LogP contribution in [0.2, 0.25) is 10.0 Å². The highest BCUT2D eigenvalue weighted by molar-refractivity contribution is 6.40. The summed E-state index contributed by atoms with van der Waals surface area (Å²) in [6.07, 6.45) is 10.0. The van der Waals surface area contributed by atoms with Crippen molar-refractivity contribution in [2.24, 2.45) is 0 Å². The molecule has 2 aromatic carbocycles. The minimum absolute atomic E-state index is 0.0285. The van der Waals surface area contributed by atoms with Crippen molar-refractivity contribution in [1.29, 1.82) is 0 Å². The molecule has 2 heterocycles. The number of halogens is 2. The molecule has 1 aliphatic rings. The van der Waals surface area contributed by atoms with Crippen molar-refractivity contribution in [1.82, 2.24) is 15.4 Å². The van der Waals surface area contributed by atoms with E-state index in [0.717, 1.165) is 62.9 Å². The van der Waals surface area contributed by atoms with Crippen LogP contribution in [-0.2, 0) is 11.3 Å². The predicted octanol–water partition coefficient (Wildman–Crippen LogP) is 7.18. The van der Waals surface area contributed by atoms with Crippen LogP contribution in [0.5, 0.6) is 11.5 Å². The summed E-state index contributed by atoms with van der Waals surface area (Å²) in [5.74, 6) is 0.325. The van der Waals surface area contributed by atoms with Gasteiger partial charge in [0.15, 0.2) is 11.5 Å². The minimum Gasteiger partial charge on any atom is -0.493 e. The molecular weight excluding hydrogens is 615 g/mol. The first kappa shape index (κ1) is 34.2. The average molecular weight is 656 g/mol. The Bertz CT molecular complexity index is 1460. The van der Waals surface area contributed by atoms with Gasteiger partial charge in [-0.25, -0.2) is 5.48 Å². The number of carbonyl (C=O) groups excluding carboxylic acids is 2. The fourth-order valence-electron chi connectivity index (χ4n) is 5.52. The topological polar surface area (TPSA) is 104 Å². The third-order valence-electron chi connectivity index (χ3n) is 7.92. The van der Waals surface area contributed by atoms with Crippen molar-refractivity contribution in [3.8, 4) is 11.5 Å². The normalized spacial score (nSPS) is 14.7. The number of carbonyl (C=O) groups is 2. The highest BCUT2D eigenvalue weighted by Crippen LogP contribution is 2.37. The highest BCUT2D eigenvalue weighted by atomic mass is 35.5. The molecule has 3 aromatic rings. The molecule has 45 heavy (non-hydrogen) atoms. The smallest absolute Gasteiger partial charge is 0.267 e. The van der Waals surface area contributed by atoms with Gasteiger partial charge in [-0.15, -0.1) is 0 Å². The van der Waals surface area contributed by atoms with Crippen LogP contribution in [0.4, 0.5) is 5.69 Å². The molecule has 4 rings (SSSR count). The number of aromatic nitrogens is 1. The average Bonchev–Trinajstić information content (AvgIpc) is 3.05. The lowest BCUT2D eigenvalue weighted by molar-refractivity contribution is -0.124. The molecule has 9 nitrogen and oxygen atoms in total. The van der Waals surface area contributed by atoms with E-state index in [1.807, 2.05) is 42.5 Å². The van der Waals surface area contributed by atoms with Gasteiger partial charge in [0.2, 0.25) is 0 Å². The molecular formula is C34H40Cl2N4O5. The lowest BCUT2D eigenvalue weighted by Crippen LogP contribution is -2.47. The number of hydrogen-bond acceptors (Lipinski definition) is 7. The van der Waals surface area contributed by atoms with Gasteiger partial charge in [0.1, 0.15) is 0 Å². The predicted molar refractivity (Wildman–Crippen MR) is 177 cm³/mol. The van der Waals surface area contributed by atoms with Gasteiger partial charge in [0, 0.05) is 55.9 Å². The number of hydrogen-bond donors (Lipinski definition) is 2. The van der Waals surface area contributed by atoms with Gasteiger partial charge in [-0.2, -0.15) is 0 Å². The Morgan fingerprint density at radius 3 is 2.38 bits per heavy atom. The number of piperidine rings is 1. The summed E-state index contributed by atoms with van der Waals surface area (Å²) >= 11 is 13.0. The summed E-state index contributed by atoms with van der Waals surface area (Å²) in [7, 11) is 1.61. The standard InChI is InChI=1S/C34H40Cl2N4O5/c1-4-6-27(5-2)45-31-19-26(12-13-30(31)44-3)40(34(42)33-28(35)20-37-21-29(33)36)25-15-17-39(18-16-25)22-24-9-7-23(8-10-24)11-14-32(41)38-43/h7-14,19-21,25,27,43H,4-6,15-18,22H2,1-3H3,(H,38,41). The molecule has 0 saturated carbocycles. The first-order valence-electron chi connectivity index (χ1n) is 15.2. The second-order valence-electron chi connectivity index (χ2n) is 11.0. The summed E-state index contributed by atoms with van der Waals surface area (Å²) in [6, 6.07) is 13.4. The number of rotatable bonds is 13. The molecule has 2 N–H and O–H groups in total. The Kier molecular flexibility index (Phi) is 12.6. The van der Waals surface area contributed by atoms with Gasteiger partial charge in [-0.3, -0.25) is 24.7 Å². The van der Waals surface area contributed by atoms with Gasteiger partial charge in [0.05, 0.1) is 28.8 Å². The van der Waals surface area contributed by atoms with Crippen LogP contribution in [0.15, 0.2) is 60.9 Å². The fraction of sp³-hybridized carbons (Fsp3) is 0.382. The molecule has 1 atom stereocenters. The lowest BCUT2D eigenvalue weighted by Gasteiger charge is -2.39. The quantitative estimate of drug-likeness (QED) is 0.114. The molecule has 0 bridgehead atoms. The number of pyridine rings is 1. The molecule has 2 amide bonds. The van der Waals surface area contributed by atoms with Crippen LogP contribution in [0.1, 0.15) is 67.4 Å². The first-order chi connectivity index (χ1) is 21.8. The van der Waals surface area contributed by atoms with Crippen molar-refractivity contribution >= 4 is 46.8 Å². The maximum absolute atomic E-state index is 14.3. The van der Waals surface area contributed by atoms with Crippen LogP contribution in [-0.4, -0.2) is 59.3 Å². The monoisotopic (exact) mass is 654 g/mol. The third kappa shape index (κ3) is 8.98. The molecule has 0 radical (unpaired) electrons. The van der Waals surface area contributed by atoms with E-state index in [1.54, 1.807) is 23.6 Å². The number of nitrogens with one attached hydrogen (secondary N) is 1. The maximum Gasteiger partial charge on any atom is 0.267 e. The van der Waals surface area contributed by atoms with E-state index >= 15 is 0 Å². The Morgan fingerprint density at radius 1 is 1.09 bits per heavy atom. The van der Waals surface area contributed by atoms with Crippen LogP contribution in [0.25, 0.3) is 6.08 Å². The molecule has 1 saturated heterocycles. The summed E-state index contributed by atoms with van der Waals surface area (Å²) in [5, 5.41) is 9.06. The van der Waals surface area contributed by atoms with Crippen molar-refractivity contribution in [2.75, 3.05) is 25.1 Å². The Hall–Kier alpha value is -3.63. The van der Waals surface area contributed by atoms with Crippen LogP contribution in [0.3, 0.4) is 0 Å². The zero-order chi connectivity index (χ0) is 32.3. The zero-order valence-electron chi connectivity index (χ0n) is 25.8. The number of methoxy groups -OCH3 is 1. The summed E-state index contributed by atoms with van der Waals surface area (Å²) in [5.41, 5.74) is 4.47. The van der Waals surface area contributed by atoms with Gasteiger partial charge < -0.3 is 14.4 Å². The van der Waals surface area contributed by atoms with Crippen LogP contribution < -0.4 is 19.9 Å². The van der Waals surface area contributed by atoms with E-state index in [0.29, 0.717) is 17.2 Å². The van der Waals surface area contributed by atoms with E-state index < -0.39 is 5.91 Å². The number of ether oxygens (including phenoxy) is 2. The number of hydroxylamine groups is 1. The maximum atomic E-state index is 14.3. The number of benzene rings is 2. The van der Waals surface area contributed by atoms with Gasteiger partial charge in [-0.05, 0) is 55.0 Å². The minimum atomic E-state index is -0.581. The van der Waals surface area contributed by atoms with Gasteiger partial charge in [-0.1, -0.05) is 67.7 Å². The molecule has 0 spiro atoms. The van der Waals surface area contributed by atoms with E-state index in [1.165, 1.54) is 18.5 Å². The molecule has 1 fully saturated rings. The second kappa shape index (κ2) is 16.6. The van der Waals surface area contributed by atoms with E-state index in [2.05, 4.69) is 23.7 Å². The Morgan fingerprint density at radius 2 is 1.78 bits per heavy atom.